The summed E-state index contributed by atoms with van der Waals surface area (Å²) in [5, 5.41) is 9.09. The summed E-state index contributed by atoms with van der Waals surface area (Å²) in [7, 11) is 0. The third kappa shape index (κ3) is 2.76. The Morgan fingerprint density at radius 1 is 1.47 bits per heavy atom. The minimum absolute atomic E-state index is 0.313. The molecule has 0 amide bonds. The molecule has 0 saturated carbocycles. The zero-order chi connectivity index (χ0) is 14.0. The maximum Gasteiger partial charge on any atom is 0.335 e. The molecule has 4 nitrogen and oxygen atoms in total. The van der Waals surface area contributed by atoms with Crippen molar-refractivity contribution in [1.29, 1.82) is 0 Å². The lowest BCUT2D eigenvalue weighted by molar-refractivity contribution is 0.0697. The number of aryl methyl sites for hydroxylation is 1. The molecule has 1 heterocycles. The van der Waals surface area contributed by atoms with Gasteiger partial charge in [0, 0.05) is 18.2 Å². The van der Waals surface area contributed by atoms with E-state index in [1.165, 1.54) is 0 Å². The van der Waals surface area contributed by atoms with Crippen LogP contribution in [-0.2, 0) is 6.54 Å². The molecule has 2 aromatic rings. The first-order valence-corrected chi connectivity index (χ1v) is 7.66. The van der Waals surface area contributed by atoms with Crippen molar-refractivity contribution in [3.63, 3.8) is 0 Å². The summed E-state index contributed by atoms with van der Waals surface area (Å²) < 4.78 is 2.14. The third-order valence-corrected chi connectivity index (χ3v) is 3.65. The van der Waals surface area contributed by atoms with E-state index in [1.54, 1.807) is 30.0 Å². The standard InChI is InChI=1S/C14H18N2O2S/c1-9(2)13-15-11-5-4-10(14(17)18)8-12(11)16(13)6-7-19-3/h4-5,8-9H,6-7H2,1-3H3,(H,17,18). The van der Waals surface area contributed by atoms with E-state index in [0.717, 1.165) is 29.2 Å². The SMILES string of the molecule is CSCCn1c(C(C)C)nc2ccc(C(=O)O)cc21. The summed E-state index contributed by atoms with van der Waals surface area (Å²) in [5.41, 5.74) is 2.10. The van der Waals surface area contributed by atoms with Crippen LogP contribution in [0.5, 0.6) is 0 Å². The van der Waals surface area contributed by atoms with E-state index < -0.39 is 5.97 Å². The van der Waals surface area contributed by atoms with Crippen molar-refractivity contribution in [3.8, 4) is 0 Å². The van der Waals surface area contributed by atoms with Gasteiger partial charge in [0.25, 0.3) is 0 Å². The van der Waals surface area contributed by atoms with E-state index in [4.69, 9.17) is 5.11 Å². The molecule has 19 heavy (non-hydrogen) atoms. The molecule has 0 fully saturated rings. The van der Waals surface area contributed by atoms with Gasteiger partial charge in [0.2, 0.25) is 0 Å². The first-order valence-electron chi connectivity index (χ1n) is 6.27. The second kappa shape index (κ2) is 5.65. The van der Waals surface area contributed by atoms with E-state index in [-0.39, 0.29) is 0 Å². The fraction of sp³-hybridized carbons (Fsp3) is 0.429. The molecule has 0 spiro atoms. The monoisotopic (exact) mass is 278 g/mol. The summed E-state index contributed by atoms with van der Waals surface area (Å²) in [6.45, 7) is 5.07. The lowest BCUT2D eigenvalue weighted by atomic mass is 10.2. The van der Waals surface area contributed by atoms with Gasteiger partial charge < -0.3 is 9.67 Å². The number of thioether (sulfide) groups is 1. The number of carbonyl (C=O) groups is 1. The molecule has 102 valence electrons. The molecular formula is C14H18N2O2S. The zero-order valence-electron chi connectivity index (χ0n) is 11.4. The largest absolute Gasteiger partial charge is 0.478 e. The van der Waals surface area contributed by atoms with Crippen molar-refractivity contribution in [3.05, 3.63) is 29.6 Å². The van der Waals surface area contributed by atoms with Crippen LogP contribution in [0, 0.1) is 0 Å². The Morgan fingerprint density at radius 2 is 2.21 bits per heavy atom. The predicted molar refractivity (Wildman–Crippen MR) is 79.2 cm³/mol. The molecule has 0 aliphatic rings. The number of carboxylic acid groups (broad SMARTS) is 1. The number of imidazole rings is 1. The molecular weight excluding hydrogens is 260 g/mol. The van der Waals surface area contributed by atoms with Crippen LogP contribution in [0.2, 0.25) is 0 Å². The molecule has 0 bridgehead atoms. The Morgan fingerprint density at radius 3 is 2.79 bits per heavy atom. The summed E-state index contributed by atoms with van der Waals surface area (Å²) in [4.78, 5) is 15.7. The van der Waals surface area contributed by atoms with E-state index in [1.807, 2.05) is 0 Å². The topological polar surface area (TPSA) is 55.1 Å². The van der Waals surface area contributed by atoms with Gasteiger partial charge in [-0.25, -0.2) is 9.78 Å². The van der Waals surface area contributed by atoms with Crippen molar-refractivity contribution in [2.24, 2.45) is 0 Å². The van der Waals surface area contributed by atoms with Gasteiger partial charge in [0.1, 0.15) is 5.82 Å². The first-order chi connectivity index (χ1) is 9.04. The Bertz CT molecular complexity index is 605. The lowest BCUT2D eigenvalue weighted by Crippen LogP contribution is -2.07. The minimum Gasteiger partial charge on any atom is -0.478 e. The summed E-state index contributed by atoms with van der Waals surface area (Å²) in [5.74, 6) is 1.43. The van der Waals surface area contributed by atoms with Crippen molar-refractivity contribution in [1.82, 2.24) is 9.55 Å². The second-order valence-corrected chi connectivity index (χ2v) is 5.76. The van der Waals surface area contributed by atoms with Gasteiger partial charge in [-0.15, -0.1) is 0 Å². The predicted octanol–water partition coefficient (Wildman–Crippen LogP) is 3.22. The number of fused-ring (bicyclic) bond motifs is 1. The van der Waals surface area contributed by atoms with E-state index in [9.17, 15) is 4.79 Å². The van der Waals surface area contributed by atoms with Crippen molar-refractivity contribution in [2.45, 2.75) is 26.3 Å². The van der Waals surface area contributed by atoms with Crippen LogP contribution in [0.4, 0.5) is 0 Å². The van der Waals surface area contributed by atoms with E-state index in [0.29, 0.717) is 11.5 Å². The van der Waals surface area contributed by atoms with Crippen LogP contribution in [0.25, 0.3) is 11.0 Å². The Hall–Kier alpha value is -1.49. The van der Waals surface area contributed by atoms with Gasteiger partial charge in [-0.1, -0.05) is 13.8 Å². The van der Waals surface area contributed by atoms with Crippen molar-refractivity contribution >= 4 is 28.8 Å². The highest BCUT2D eigenvalue weighted by Crippen LogP contribution is 2.23. The zero-order valence-corrected chi connectivity index (χ0v) is 12.2. The summed E-state index contributed by atoms with van der Waals surface area (Å²) in [6.07, 6.45) is 2.07. The average molecular weight is 278 g/mol. The van der Waals surface area contributed by atoms with Gasteiger partial charge in [0.15, 0.2) is 0 Å². The van der Waals surface area contributed by atoms with Gasteiger partial charge in [-0.2, -0.15) is 11.8 Å². The van der Waals surface area contributed by atoms with Crippen LogP contribution in [0.1, 0.15) is 35.9 Å². The molecule has 0 unspecified atom stereocenters. The maximum atomic E-state index is 11.1. The molecule has 1 N–H and O–H groups in total. The summed E-state index contributed by atoms with van der Waals surface area (Å²) >= 11 is 1.77. The van der Waals surface area contributed by atoms with Crippen LogP contribution in [0.3, 0.4) is 0 Å². The second-order valence-electron chi connectivity index (χ2n) is 4.78. The highest BCUT2D eigenvalue weighted by molar-refractivity contribution is 7.98. The number of rotatable bonds is 5. The van der Waals surface area contributed by atoms with E-state index in [2.05, 4.69) is 29.7 Å². The fourth-order valence-electron chi connectivity index (χ4n) is 2.13. The first kappa shape index (κ1) is 13.9. The van der Waals surface area contributed by atoms with Crippen molar-refractivity contribution < 1.29 is 9.90 Å². The third-order valence-electron chi connectivity index (χ3n) is 3.06. The quantitative estimate of drug-likeness (QED) is 0.912. The molecule has 2 rings (SSSR count). The van der Waals surface area contributed by atoms with Gasteiger partial charge in [0.05, 0.1) is 16.6 Å². The number of hydrogen-bond acceptors (Lipinski definition) is 3. The highest BCUT2D eigenvalue weighted by Gasteiger charge is 2.15. The van der Waals surface area contributed by atoms with Crippen LogP contribution >= 0.6 is 11.8 Å². The Labute approximate surface area is 116 Å². The van der Waals surface area contributed by atoms with Gasteiger partial charge >= 0.3 is 5.97 Å². The van der Waals surface area contributed by atoms with Crippen LogP contribution < -0.4 is 0 Å². The van der Waals surface area contributed by atoms with Gasteiger partial charge in [-0.3, -0.25) is 0 Å². The molecule has 5 heteroatoms. The number of hydrogen-bond donors (Lipinski definition) is 1. The lowest BCUT2D eigenvalue weighted by Gasteiger charge is -2.10. The van der Waals surface area contributed by atoms with E-state index >= 15 is 0 Å². The Kier molecular flexibility index (Phi) is 4.14. The number of aromatic nitrogens is 2. The smallest absolute Gasteiger partial charge is 0.335 e. The number of carboxylic acids is 1. The average Bonchev–Trinajstić information content (AvgIpc) is 2.74. The fourth-order valence-corrected chi connectivity index (χ4v) is 2.50. The van der Waals surface area contributed by atoms with Crippen LogP contribution in [0.15, 0.2) is 18.2 Å². The number of benzene rings is 1. The molecule has 1 aromatic carbocycles. The van der Waals surface area contributed by atoms with Crippen molar-refractivity contribution in [2.75, 3.05) is 12.0 Å². The summed E-state index contributed by atoms with van der Waals surface area (Å²) in [6, 6.07) is 5.12. The van der Waals surface area contributed by atoms with Crippen LogP contribution in [-0.4, -0.2) is 32.6 Å². The molecule has 0 saturated heterocycles. The molecule has 0 aliphatic carbocycles. The molecule has 0 aliphatic heterocycles. The van der Waals surface area contributed by atoms with Gasteiger partial charge in [-0.05, 0) is 24.5 Å². The minimum atomic E-state index is -0.898. The number of aromatic carboxylic acids is 1. The number of nitrogens with zero attached hydrogens (tertiary/aromatic N) is 2. The molecule has 0 atom stereocenters. The normalized spacial score (nSPS) is 11.4. The Balaban J connectivity index is 2.59. The molecule has 0 radical (unpaired) electrons. The maximum absolute atomic E-state index is 11.1. The highest BCUT2D eigenvalue weighted by atomic mass is 32.2. The molecule has 1 aromatic heterocycles.